The maximum Gasteiger partial charge on any atom is 0.344 e. The molecular formula is C24H18O3. The molecule has 1 aliphatic rings. The van der Waals surface area contributed by atoms with Crippen molar-refractivity contribution in [2.24, 2.45) is 0 Å². The average Bonchev–Trinajstić information content (AvgIpc) is 3.05. The average molecular weight is 354 g/mol. The molecule has 3 nitrogen and oxygen atoms in total. The van der Waals surface area contributed by atoms with Crippen molar-refractivity contribution in [2.75, 3.05) is 7.11 Å². The van der Waals surface area contributed by atoms with Gasteiger partial charge in [0.2, 0.25) is 0 Å². The van der Waals surface area contributed by atoms with Gasteiger partial charge in [0.15, 0.2) is 0 Å². The van der Waals surface area contributed by atoms with E-state index >= 15 is 0 Å². The summed E-state index contributed by atoms with van der Waals surface area (Å²) in [6.07, 6.45) is 1.88. The van der Waals surface area contributed by atoms with E-state index in [4.69, 9.17) is 9.47 Å². The van der Waals surface area contributed by atoms with Crippen molar-refractivity contribution in [3.8, 4) is 5.75 Å². The first-order valence-electron chi connectivity index (χ1n) is 8.69. The maximum atomic E-state index is 12.7. The predicted octanol–water partition coefficient (Wildman–Crippen LogP) is 5.20. The minimum Gasteiger partial charge on any atom is -0.497 e. The first-order chi connectivity index (χ1) is 13.3. The lowest BCUT2D eigenvalue weighted by Gasteiger charge is -2.07. The fourth-order valence-electron chi connectivity index (χ4n) is 3.14. The van der Waals surface area contributed by atoms with Crippen LogP contribution in [0, 0.1) is 0 Å². The molecule has 0 aliphatic carbocycles. The molecule has 27 heavy (non-hydrogen) atoms. The number of hydrogen-bond donors (Lipinski definition) is 0. The summed E-state index contributed by atoms with van der Waals surface area (Å²) in [5, 5.41) is 0. The second kappa shape index (κ2) is 7.34. The first kappa shape index (κ1) is 16.9. The molecule has 1 aliphatic heterocycles. The fraction of sp³-hybridized carbons (Fsp3) is 0.0417. The SMILES string of the molecule is COc1ccc(/C=C2/OC(=O)C(c3ccccc3)=C2c2ccccc2)cc1. The zero-order valence-electron chi connectivity index (χ0n) is 14.9. The normalized spacial score (nSPS) is 15.1. The molecule has 0 fully saturated rings. The number of allylic oxidation sites excluding steroid dienone is 1. The Morgan fingerprint density at radius 2 is 1.30 bits per heavy atom. The molecule has 0 spiro atoms. The molecule has 3 aromatic carbocycles. The van der Waals surface area contributed by atoms with E-state index in [2.05, 4.69) is 0 Å². The first-order valence-corrected chi connectivity index (χ1v) is 8.69. The van der Waals surface area contributed by atoms with Crippen LogP contribution in [0.25, 0.3) is 17.2 Å². The van der Waals surface area contributed by atoms with Crippen LogP contribution in [-0.2, 0) is 9.53 Å². The highest BCUT2D eigenvalue weighted by Crippen LogP contribution is 2.40. The molecule has 0 N–H and O–H groups in total. The van der Waals surface area contributed by atoms with Gasteiger partial charge in [-0.3, -0.25) is 0 Å². The van der Waals surface area contributed by atoms with Crippen molar-refractivity contribution in [1.82, 2.24) is 0 Å². The van der Waals surface area contributed by atoms with Gasteiger partial charge < -0.3 is 9.47 Å². The molecule has 0 amide bonds. The highest BCUT2D eigenvalue weighted by Gasteiger charge is 2.31. The van der Waals surface area contributed by atoms with Crippen LogP contribution < -0.4 is 4.74 Å². The molecule has 4 rings (SSSR count). The Labute approximate surface area is 158 Å². The molecule has 0 radical (unpaired) electrons. The maximum absolute atomic E-state index is 12.7. The number of hydrogen-bond acceptors (Lipinski definition) is 3. The highest BCUT2D eigenvalue weighted by molar-refractivity contribution is 6.30. The minimum atomic E-state index is -0.334. The number of benzene rings is 3. The van der Waals surface area contributed by atoms with Gasteiger partial charge in [0.25, 0.3) is 0 Å². The molecule has 0 atom stereocenters. The summed E-state index contributed by atoms with van der Waals surface area (Å²) in [6.45, 7) is 0. The number of ether oxygens (including phenoxy) is 2. The van der Waals surface area contributed by atoms with Crippen molar-refractivity contribution in [1.29, 1.82) is 0 Å². The summed E-state index contributed by atoms with van der Waals surface area (Å²) in [5.74, 6) is 0.999. The number of methoxy groups -OCH3 is 1. The number of carbonyl (C=O) groups is 1. The van der Waals surface area contributed by atoms with Crippen LogP contribution in [-0.4, -0.2) is 13.1 Å². The lowest BCUT2D eigenvalue weighted by molar-refractivity contribution is -0.131. The molecule has 0 saturated heterocycles. The summed E-state index contributed by atoms with van der Waals surface area (Å²) < 4.78 is 10.9. The molecule has 3 aromatic rings. The lowest BCUT2D eigenvalue weighted by atomic mass is 9.94. The molecule has 0 unspecified atom stereocenters. The van der Waals surface area contributed by atoms with Crippen molar-refractivity contribution in [3.63, 3.8) is 0 Å². The monoisotopic (exact) mass is 354 g/mol. The van der Waals surface area contributed by atoms with E-state index in [1.165, 1.54) is 0 Å². The molecule has 0 aromatic heterocycles. The van der Waals surface area contributed by atoms with E-state index in [9.17, 15) is 4.79 Å². The van der Waals surface area contributed by atoms with Crippen LogP contribution in [0.15, 0.2) is 90.7 Å². The van der Waals surface area contributed by atoms with Crippen molar-refractivity contribution in [3.05, 3.63) is 107 Å². The minimum absolute atomic E-state index is 0.334. The second-order valence-corrected chi connectivity index (χ2v) is 6.15. The fourth-order valence-corrected chi connectivity index (χ4v) is 3.14. The third kappa shape index (κ3) is 3.40. The largest absolute Gasteiger partial charge is 0.497 e. The molecule has 0 bridgehead atoms. The van der Waals surface area contributed by atoms with Crippen LogP contribution in [0.3, 0.4) is 0 Å². The van der Waals surface area contributed by atoms with Gasteiger partial charge in [-0.2, -0.15) is 0 Å². The van der Waals surface area contributed by atoms with Gasteiger partial charge in [0.1, 0.15) is 11.5 Å². The number of rotatable bonds is 4. The predicted molar refractivity (Wildman–Crippen MR) is 107 cm³/mol. The summed E-state index contributed by atoms with van der Waals surface area (Å²) >= 11 is 0. The second-order valence-electron chi connectivity index (χ2n) is 6.15. The molecular weight excluding hydrogens is 336 g/mol. The Morgan fingerprint density at radius 3 is 1.85 bits per heavy atom. The van der Waals surface area contributed by atoms with Gasteiger partial charge in [-0.05, 0) is 34.9 Å². The topological polar surface area (TPSA) is 35.5 Å². The Balaban J connectivity index is 1.87. The van der Waals surface area contributed by atoms with Crippen LogP contribution in [0.4, 0.5) is 0 Å². The van der Waals surface area contributed by atoms with Crippen molar-refractivity contribution in [2.45, 2.75) is 0 Å². The van der Waals surface area contributed by atoms with E-state index in [1.54, 1.807) is 7.11 Å². The summed E-state index contributed by atoms with van der Waals surface area (Å²) in [7, 11) is 1.63. The number of cyclic esters (lactones) is 1. The van der Waals surface area contributed by atoms with Gasteiger partial charge in [0.05, 0.1) is 12.7 Å². The quantitative estimate of drug-likeness (QED) is 0.604. The van der Waals surface area contributed by atoms with E-state index < -0.39 is 0 Å². The van der Waals surface area contributed by atoms with Crippen LogP contribution in [0.1, 0.15) is 16.7 Å². The smallest absolute Gasteiger partial charge is 0.344 e. The van der Waals surface area contributed by atoms with E-state index in [1.807, 2.05) is 91.0 Å². The lowest BCUT2D eigenvalue weighted by Crippen LogP contribution is -1.98. The van der Waals surface area contributed by atoms with E-state index in [0.29, 0.717) is 11.3 Å². The summed E-state index contributed by atoms with van der Waals surface area (Å²) in [4.78, 5) is 12.7. The number of esters is 1. The van der Waals surface area contributed by atoms with Gasteiger partial charge in [-0.25, -0.2) is 4.79 Å². The Hall–Kier alpha value is -3.59. The highest BCUT2D eigenvalue weighted by atomic mass is 16.5. The van der Waals surface area contributed by atoms with Gasteiger partial charge >= 0.3 is 5.97 Å². The van der Waals surface area contributed by atoms with Crippen LogP contribution >= 0.6 is 0 Å². The van der Waals surface area contributed by atoms with Gasteiger partial charge in [-0.15, -0.1) is 0 Å². The molecule has 3 heteroatoms. The van der Waals surface area contributed by atoms with E-state index in [0.717, 1.165) is 28.0 Å². The van der Waals surface area contributed by atoms with Crippen molar-refractivity contribution >= 4 is 23.2 Å². The number of carbonyl (C=O) groups excluding carboxylic acids is 1. The summed E-state index contributed by atoms with van der Waals surface area (Å²) in [5.41, 5.74) is 4.12. The van der Waals surface area contributed by atoms with Gasteiger partial charge in [0, 0.05) is 5.57 Å². The Kier molecular flexibility index (Phi) is 4.58. The zero-order valence-corrected chi connectivity index (χ0v) is 14.9. The van der Waals surface area contributed by atoms with Crippen LogP contribution in [0.2, 0.25) is 0 Å². The Morgan fingerprint density at radius 1 is 0.741 bits per heavy atom. The van der Waals surface area contributed by atoms with Crippen LogP contribution in [0.5, 0.6) is 5.75 Å². The molecule has 0 saturated carbocycles. The zero-order chi connectivity index (χ0) is 18.6. The standard InChI is InChI=1S/C24H18O3/c1-26-20-14-12-17(13-15-20)16-21-22(18-8-4-2-5-9-18)23(24(25)27-21)19-10-6-3-7-11-19/h2-16H,1H3/b21-16+. The van der Waals surface area contributed by atoms with E-state index in [-0.39, 0.29) is 5.97 Å². The molecule has 132 valence electrons. The third-order valence-electron chi connectivity index (χ3n) is 4.44. The molecule has 1 heterocycles. The third-order valence-corrected chi connectivity index (χ3v) is 4.44. The Bertz CT molecular complexity index is 1010. The summed E-state index contributed by atoms with van der Waals surface area (Å²) in [6, 6.07) is 27.1. The van der Waals surface area contributed by atoms with Crippen molar-refractivity contribution < 1.29 is 14.3 Å². The van der Waals surface area contributed by atoms with Gasteiger partial charge in [-0.1, -0.05) is 72.8 Å².